The van der Waals surface area contributed by atoms with Gasteiger partial charge in [-0.1, -0.05) is 13.8 Å². The molecular weight excluding hydrogens is 448 g/mol. The summed E-state index contributed by atoms with van der Waals surface area (Å²) in [5.74, 6) is -0.963. The lowest BCUT2D eigenvalue weighted by Crippen LogP contribution is -2.47. The van der Waals surface area contributed by atoms with Gasteiger partial charge in [0.05, 0.1) is 12.0 Å². The molecule has 178 valence electrons. The van der Waals surface area contributed by atoms with Crippen molar-refractivity contribution in [1.82, 2.24) is 4.72 Å². The Hall–Kier alpha value is -3.11. The van der Waals surface area contributed by atoms with Gasteiger partial charge in [0.1, 0.15) is 22.8 Å². The van der Waals surface area contributed by atoms with Crippen LogP contribution in [0.5, 0.6) is 0 Å². The number of methoxy groups -OCH3 is 1. The Morgan fingerprint density at radius 1 is 1.00 bits per heavy atom. The lowest BCUT2D eigenvalue weighted by atomic mass is 10.1. The number of carbonyl (C=O) groups excluding carboxylic acids is 2. The fraction of sp³-hybridized carbons (Fsp3) is 0.391. The molecular formula is C23H28N2O7S. The van der Waals surface area contributed by atoms with Crippen LogP contribution in [0.2, 0.25) is 0 Å². The van der Waals surface area contributed by atoms with Gasteiger partial charge < -0.3 is 13.9 Å². The number of furan rings is 1. The van der Waals surface area contributed by atoms with E-state index in [1.54, 1.807) is 58.9 Å². The summed E-state index contributed by atoms with van der Waals surface area (Å²) in [5.41, 5.74) is 0.674. The van der Waals surface area contributed by atoms with Crippen LogP contribution in [0.4, 0.5) is 10.5 Å². The molecule has 1 aromatic heterocycles. The van der Waals surface area contributed by atoms with Gasteiger partial charge in [-0.25, -0.2) is 13.2 Å². The standard InChI is InChI=1S/C23H28N2O7S/c1-13(2)20(21(26)32-23(3,4)5)25-33(28,29)15-8-10-18-17(12-15)16-9-7-14(11-19(16)31-18)24-22(27)30-6/h7-13,20,25H,1-6H3,(H,24,27)/t20-/m1/s1. The number of nitrogens with one attached hydrogen (secondary N) is 2. The number of amides is 1. The Bertz CT molecular complexity index is 1300. The number of carbonyl (C=O) groups is 2. The summed E-state index contributed by atoms with van der Waals surface area (Å²) in [6.45, 7) is 8.65. The number of benzene rings is 2. The quantitative estimate of drug-likeness (QED) is 0.505. The molecule has 0 aliphatic heterocycles. The third-order valence-electron chi connectivity index (χ3n) is 4.79. The lowest BCUT2D eigenvalue weighted by molar-refractivity contribution is -0.158. The number of fused-ring (bicyclic) bond motifs is 3. The minimum Gasteiger partial charge on any atom is -0.459 e. The van der Waals surface area contributed by atoms with E-state index in [9.17, 15) is 18.0 Å². The van der Waals surface area contributed by atoms with Crippen LogP contribution in [0.15, 0.2) is 45.7 Å². The van der Waals surface area contributed by atoms with Crippen LogP contribution in [0.25, 0.3) is 21.9 Å². The van der Waals surface area contributed by atoms with Crippen LogP contribution in [0.3, 0.4) is 0 Å². The topological polar surface area (TPSA) is 124 Å². The number of ether oxygens (including phenoxy) is 2. The number of hydrogen-bond acceptors (Lipinski definition) is 7. The zero-order valence-electron chi connectivity index (χ0n) is 19.4. The Balaban J connectivity index is 1.95. The molecule has 0 saturated carbocycles. The van der Waals surface area contributed by atoms with Crippen molar-refractivity contribution in [2.75, 3.05) is 12.4 Å². The van der Waals surface area contributed by atoms with Crippen LogP contribution in [0, 0.1) is 5.92 Å². The van der Waals surface area contributed by atoms with Gasteiger partial charge in [-0.3, -0.25) is 10.1 Å². The zero-order valence-corrected chi connectivity index (χ0v) is 20.2. The number of rotatable bonds is 6. The Kier molecular flexibility index (Phi) is 6.71. The van der Waals surface area contributed by atoms with E-state index in [2.05, 4.69) is 14.8 Å². The number of sulfonamides is 1. The molecule has 0 spiro atoms. The molecule has 10 heteroatoms. The number of anilines is 1. The highest BCUT2D eigenvalue weighted by atomic mass is 32.2. The van der Waals surface area contributed by atoms with Gasteiger partial charge in [0.25, 0.3) is 0 Å². The molecule has 1 heterocycles. The fourth-order valence-corrected chi connectivity index (χ4v) is 4.59. The lowest BCUT2D eigenvalue weighted by Gasteiger charge is -2.26. The molecule has 0 radical (unpaired) electrons. The van der Waals surface area contributed by atoms with Gasteiger partial charge in [-0.05, 0) is 57.0 Å². The average molecular weight is 477 g/mol. The molecule has 3 rings (SSSR count). The van der Waals surface area contributed by atoms with Crippen LogP contribution in [0.1, 0.15) is 34.6 Å². The average Bonchev–Trinajstić information content (AvgIpc) is 3.07. The Morgan fingerprint density at radius 3 is 2.30 bits per heavy atom. The van der Waals surface area contributed by atoms with E-state index >= 15 is 0 Å². The summed E-state index contributed by atoms with van der Waals surface area (Å²) in [6.07, 6.45) is -0.616. The summed E-state index contributed by atoms with van der Waals surface area (Å²) >= 11 is 0. The SMILES string of the molecule is COC(=O)Nc1ccc2c(c1)oc1ccc(S(=O)(=O)N[C@@H](C(=O)OC(C)(C)C)C(C)C)cc12. The van der Waals surface area contributed by atoms with E-state index in [1.807, 2.05) is 0 Å². The minimum atomic E-state index is -4.04. The van der Waals surface area contributed by atoms with Gasteiger partial charge in [-0.15, -0.1) is 0 Å². The Labute approximate surface area is 192 Å². The summed E-state index contributed by atoms with van der Waals surface area (Å²) in [7, 11) is -2.77. The minimum absolute atomic E-state index is 0.0105. The molecule has 0 aliphatic rings. The second-order valence-electron chi connectivity index (χ2n) is 8.96. The first-order valence-electron chi connectivity index (χ1n) is 10.4. The van der Waals surface area contributed by atoms with Crippen LogP contribution in [-0.2, 0) is 24.3 Å². The molecule has 3 aromatic rings. The van der Waals surface area contributed by atoms with E-state index in [4.69, 9.17) is 9.15 Å². The van der Waals surface area contributed by atoms with Crippen molar-refractivity contribution in [1.29, 1.82) is 0 Å². The Morgan fingerprint density at radius 2 is 1.70 bits per heavy atom. The summed E-state index contributed by atoms with van der Waals surface area (Å²) in [5, 5.41) is 3.80. The first-order chi connectivity index (χ1) is 15.3. The van der Waals surface area contributed by atoms with E-state index in [0.29, 0.717) is 27.6 Å². The maximum atomic E-state index is 13.1. The van der Waals surface area contributed by atoms with Crippen molar-refractivity contribution < 1.29 is 31.9 Å². The predicted octanol–water partition coefficient (Wildman–Crippen LogP) is 4.41. The molecule has 0 aliphatic carbocycles. The molecule has 0 fully saturated rings. The maximum Gasteiger partial charge on any atom is 0.411 e. The van der Waals surface area contributed by atoms with Gasteiger partial charge in [0.15, 0.2) is 0 Å². The highest BCUT2D eigenvalue weighted by Crippen LogP contribution is 2.32. The van der Waals surface area contributed by atoms with Crippen molar-refractivity contribution in [2.24, 2.45) is 5.92 Å². The van der Waals surface area contributed by atoms with E-state index in [0.717, 1.165) is 0 Å². The zero-order chi connectivity index (χ0) is 24.6. The second kappa shape index (κ2) is 9.03. The van der Waals surface area contributed by atoms with Gasteiger partial charge in [0.2, 0.25) is 10.0 Å². The molecule has 2 aromatic carbocycles. The third-order valence-corrected chi connectivity index (χ3v) is 6.23. The van der Waals surface area contributed by atoms with Crippen LogP contribution in [-0.4, -0.2) is 39.2 Å². The summed E-state index contributed by atoms with van der Waals surface area (Å²) in [4.78, 5) is 24.0. The normalized spacial score (nSPS) is 13.3. The predicted molar refractivity (Wildman–Crippen MR) is 125 cm³/mol. The van der Waals surface area contributed by atoms with Gasteiger partial charge in [0, 0.05) is 22.5 Å². The maximum absolute atomic E-state index is 13.1. The monoisotopic (exact) mass is 476 g/mol. The molecule has 2 N–H and O–H groups in total. The molecule has 33 heavy (non-hydrogen) atoms. The molecule has 0 bridgehead atoms. The fourth-order valence-electron chi connectivity index (χ4n) is 3.23. The third kappa shape index (κ3) is 5.63. The van der Waals surface area contributed by atoms with Crippen molar-refractivity contribution in [3.8, 4) is 0 Å². The number of esters is 1. The van der Waals surface area contributed by atoms with Crippen molar-refractivity contribution in [3.05, 3.63) is 36.4 Å². The van der Waals surface area contributed by atoms with Crippen molar-refractivity contribution in [2.45, 2.75) is 51.2 Å². The molecule has 9 nitrogen and oxygen atoms in total. The first kappa shape index (κ1) is 24.5. The van der Waals surface area contributed by atoms with Gasteiger partial charge >= 0.3 is 12.1 Å². The summed E-state index contributed by atoms with van der Waals surface area (Å²) < 4.78 is 44.5. The highest BCUT2D eigenvalue weighted by Gasteiger charge is 2.32. The van der Waals surface area contributed by atoms with Crippen LogP contribution < -0.4 is 10.0 Å². The summed E-state index contributed by atoms with van der Waals surface area (Å²) in [6, 6.07) is 8.40. The molecule has 1 atom stereocenters. The largest absolute Gasteiger partial charge is 0.459 e. The van der Waals surface area contributed by atoms with E-state index < -0.39 is 33.7 Å². The van der Waals surface area contributed by atoms with Crippen LogP contribution >= 0.6 is 0 Å². The van der Waals surface area contributed by atoms with Crippen molar-refractivity contribution in [3.63, 3.8) is 0 Å². The van der Waals surface area contributed by atoms with Gasteiger partial charge in [-0.2, -0.15) is 4.72 Å². The molecule has 0 unspecified atom stereocenters. The molecule has 1 amide bonds. The van der Waals surface area contributed by atoms with Crippen molar-refractivity contribution >= 4 is 49.7 Å². The molecule has 0 saturated heterocycles. The number of hydrogen-bond donors (Lipinski definition) is 2. The first-order valence-corrected chi connectivity index (χ1v) is 11.9. The van der Waals surface area contributed by atoms with E-state index in [-0.39, 0.29) is 10.8 Å². The smallest absolute Gasteiger partial charge is 0.411 e. The second-order valence-corrected chi connectivity index (χ2v) is 10.7. The van der Waals surface area contributed by atoms with E-state index in [1.165, 1.54) is 19.2 Å². The highest BCUT2D eigenvalue weighted by molar-refractivity contribution is 7.89.